The van der Waals surface area contributed by atoms with Crippen LogP contribution < -0.4 is 10.6 Å². The molecule has 0 radical (unpaired) electrons. The molecule has 1 atom stereocenters. The van der Waals surface area contributed by atoms with Crippen molar-refractivity contribution < 1.29 is 17.9 Å². The summed E-state index contributed by atoms with van der Waals surface area (Å²) in [6, 6.07) is 7.53. The van der Waals surface area contributed by atoms with E-state index in [1.165, 1.54) is 0 Å². The Kier molecular flexibility index (Phi) is 5.19. The van der Waals surface area contributed by atoms with E-state index >= 15 is 0 Å². The molecule has 2 rings (SSSR count). The molecule has 23 heavy (non-hydrogen) atoms. The summed E-state index contributed by atoms with van der Waals surface area (Å²) in [7, 11) is -2.88. The predicted molar refractivity (Wildman–Crippen MR) is 90.2 cm³/mol. The lowest BCUT2D eigenvalue weighted by Crippen LogP contribution is -2.32. The lowest BCUT2D eigenvalue weighted by molar-refractivity contribution is 0.0523. The van der Waals surface area contributed by atoms with Gasteiger partial charge >= 0.3 is 6.09 Å². The number of benzene rings is 1. The number of carbonyl (C=O) groups excluding carboxylic acids is 1. The fourth-order valence-corrected chi connectivity index (χ4v) is 4.03. The summed E-state index contributed by atoms with van der Waals surface area (Å²) in [4.78, 5) is 11.6. The second-order valence-corrected chi connectivity index (χ2v) is 9.03. The van der Waals surface area contributed by atoms with Gasteiger partial charge in [-0.15, -0.1) is 0 Å². The van der Waals surface area contributed by atoms with Gasteiger partial charge in [-0.25, -0.2) is 13.2 Å². The van der Waals surface area contributed by atoms with Crippen LogP contribution in [0.4, 0.5) is 10.5 Å². The largest absolute Gasteiger partial charge is 0.444 e. The molecule has 7 heteroatoms. The molecule has 0 aromatic heterocycles. The molecular formula is C16H24N2O4S. The summed E-state index contributed by atoms with van der Waals surface area (Å²) in [5.74, 6) is 0.442. The Bertz CT molecular complexity index is 648. The zero-order valence-electron chi connectivity index (χ0n) is 13.8. The Balaban J connectivity index is 1.82. The van der Waals surface area contributed by atoms with E-state index in [2.05, 4.69) is 10.6 Å². The summed E-state index contributed by atoms with van der Waals surface area (Å²) in [5, 5.41) is 5.93. The van der Waals surface area contributed by atoms with Gasteiger partial charge in [0.1, 0.15) is 5.60 Å². The zero-order valence-corrected chi connectivity index (χ0v) is 14.6. The Morgan fingerprint density at radius 2 is 1.91 bits per heavy atom. The van der Waals surface area contributed by atoms with E-state index in [0.29, 0.717) is 13.0 Å². The van der Waals surface area contributed by atoms with E-state index in [1.54, 1.807) is 0 Å². The third kappa shape index (κ3) is 6.09. The van der Waals surface area contributed by atoms with E-state index in [0.717, 1.165) is 11.3 Å². The van der Waals surface area contributed by atoms with Gasteiger partial charge in [-0.2, -0.15) is 0 Å². The van der Waals surface area contributed by atoms with Gasteiger partial charge in [0.15, 0.2) is 9.84 Å². The maximum atomic E-state index is 11.6. The number of rotatable bonds is 4. The number of hydrogen-bond donors (Lipinski definition) is 2. The minimum atomic E-state index is -2.88. The van der Waals surface area contributed by atoms with Crippen LogP contribution in [0.15, 0.2) is 24.3 Å². The highest BCUT2D eigenvalue weighted by Gasteiger charge is 2.27. The molecule has 1 saturated heterocycles. The Hall–Kier alpha value is -1.76. The Labute approximate surface area is 137 Å². The van der Waals surface area contributed by atoms with Crippen molar-refractivity contribution in [1.82, 2.24) is 5.32 Å². The Morgan fingerprint density at radius 1 is 1.26 bits per heavy atom. The molecule has 0 bridgehead atoms. The summed E-state index contributed by atoms with van der Waals surface area (Å²) in [6.45, 7) is 5.83. The van der Waals surface area contributed by atoms with Crippen molar-refractivity contribution in [2.24, 2.45) is 0 Å². The van der Waals surface area contributed by atoms with E-state index < -0.39 is 21.5 Å². The van der Waals surface area contributed by atoms with Gasteiger partial charge in [0.05, 0.1) is 11.5 Å². The number of alkyl carbamates (subject to hydrolysis) is 1. The first-order valence-electron chi connectivity index (χ1n) is 7.66. The number of carbonyl (C=O) groups is 1. The lowest BCUT2D eigenvalue weighted by atomic mass is 10.2. The van der Waals surface area contributed by atoms with Crippen molar-refractivity contribution >= 4 is 21.6 Å². The van der Waals surface area contributed by atoms with Gasteiger partial charge in [0.2, 0.25) is 0 Å². The number of hydrogen-bond acceptors (Lipinski definition) is 5. The monoisotopic (exact) mass is 340 g/mol. The van der Waals surface area contributed by atoms with Crippen LogP contribution >= 0.6 is 0 Å². The van der Waals surface area contributed by atoms with E-state index in [4.69, 9.17) is 4.74 Å². The van der Waals surface area contributed by atoms with Crippen molar-refractivity contribution in [1.29, 1.82) is 0 Å². The van der Waals surface area contributed by atoms with Crippen LogP contribution in [0.3, 0.4) is 0 Å². The number of sulfone groups is 1. The first-order chi connectivity index (χ1) is 10.6. The quantitative estimate of drug-likeness (QED) is 0.878. The standard InChI is InChI=1S/C16H24N2O4S/c1-16(2,3)22-15(19)17-10-12-4-6-13(7-5-12)18-14-8-9-23(20,21)11-14/h4-7,14,18H,8-11H2,1-3H3,(H,17,19). The number of nitrogens with one attached hydrogen (secondary N) is 2. The average Bonchev–Trinajstić information content (AvgIpc) is 2.75. The SMILES string of the molecule is CC(C)(C)OC(=O)NCc1ccc(NC2CCS(=O)(=O)C2)cc1. The van der Waals surface area contributed by atoms with E-state index in [9.17, 15) is 13.2 Å². The van der Waals surface area contributed by atoms with Crippen molar-refractivity contribution in [3.05, 3.63) is 29.8 Å². The van der Waals surface area contributed by atoms with E-state index in [1.807, 2.05) is 45.0 Å². The highest BCUT2D eigenvalue weighted by molar-refractivity contribution is 7.91. The highest BCUT2D eigenvalue weighted by Crippen LogP contribution is 2.18. The van der Waals surface area contributed by atoms with Gasteiger partial charge < -0.3 is 15.4 Å². The van der Waals surface area contributed by atoms with Crippen molar-refractivity contribution in [3.63, 3.8) is 0 Å². The van der Waals surface area contributed by atoms with Crippen LogP contribution in [0.2, 0.25) is 0 Å². The molecule has 1 aromatic carbocycles. The van der Waals surface area contributed by atoms with Crippen LogP contribution in [0.1, 0.15) is 32.8 Å². The maximum absolute atomic E-state index is 11.6. The van der Waals surface area contributed by atoms with Gasteiger partial charge in [-0.05, 0) is 44.9 Å². The van der Waals surface area contributed by atoms with Crippen LogP contribution in [0.5, 0.6) is 0 Å². The number of ether oxygens (including phenoxy) is 1. The molecular weight excluding hydrogens is 316 g/mol. The fourth-order valence-electron chi connectivity index (χ4n) is 2.35. The van der Waals surface area contributed by atoms with Crippen LogP contribution in [-0.2, 0) is 21.1 Å². The van der Waals surface area contributed by atoms with Gasteiger partial charge in [0.25, 0.3) is 0 Å². The summed E-state index contributed by atoms with van der Waals surface area (Å²) >= 11 is 0. The van der Waals surface area contributed by atoms with Gasteiger partial charge in [-0.1, -0.05) is 12.1 Å². The molecule has 0 spiro atoms. The molecule has 1 fully saturated rings. The second kappa shape index (κ2) is 6.78. The summed E-state index contributed by atoms with van der Waals surface area (Å²) in [6.07, 6.45) is 0.195. The molecule has 1 aromatic rings. The van der Waals surface area contributed by atoms with Crippen LogP contribution in [-0.4, -0.2) is 37.7 Å². The molecule has 6 nitrogen and oxygen atoms in total. The zero-order chi connectivity index (χ0) is 17.1. The van der Waals surface area contributed by atoms with Crippen molar-refractivity contribution in [2.45, 2.75) is 45.4 Å². The summed E-state index contributed by atoms with van der Waals surface area (Å²) < 4.78 is 28.1. The molecule has 0 saturated carbocycles. The molecule has 1 unspecified atom stereocenters. The lowest BCUT2D eigenvalue weighted by Gasteiger charge is -2.19. The first-order valence-corrected chi connectivity index (χ1v) is 9.48. The Morgan fingerprint density at radius 3 is 2.43 bits per heavy atom. The fraction of sp³-hybridized carbons (Fsp3) is 0.562. The third-order valence-corrected chi connectivity index (χ3v) is 5.16. The minimum Gasteiger partial charge on any atom is -0.444 e. The average molecular weight is 340 g/mol. The van der Waals surface area contributed by atoms with Gasteiger partial charge in [0, 0.05) is 18.3 Å². The second-order valence-electron chi connectivity index (χ2n) is 6.80. The van der Waals surface area contributed by atoms with Crippen LogP contribution in [0.25, 0.3) is 0 Å². The number of anilines is 1. The maximum Gasteiger partial charge on any atom is 0.407 e. The van der Waals surface area contributed by atoms with Gasteiger partial charge in [-0.3, -0.25) is 0 Å². The molecule has 1 aliphatic heterocycles. The van der Waals surface area contributed by atoms with E-state index in [-0.39, 0.29) is 17.5 Å². The van der Waals surface area contributed by atoms with Crippen molar-refractivity contribution in [2.75, 3.05) is 16.8 Å². The topological polar surface area (TPSA) is 84.5 Å². The predicted octanol–water partition coefficient (Wildman–Crippen LogP) is 2.31. The summed E-state index contributed by atoms with van der Waals surface area (Å²) in [5.41, 5.74) is 1.31. The first kappa shape index (κ1) is 17.6. The number of amides is 1. The molecule has 1 aliphatic rings. The van der Waals surface area contributed by atoms with Crippen molar-refractivity contribution in [3.8, 4) is 0 Å². The normalized spacial score (nSPS) is 20.0. The third-order valence-electron chi connectivity index (χ3n) is 3.39. The minimum absolute atomic E-state index is 0.0225. The molecule has 128 valence electrons. The molecule has 2 N–H and O–H groups in total. The molecule has 1 amide bonds. The smallest absolute Gasteiger partial charge is 0.407 e. The molecule has 1 heterocycles. The van der Waals surface area contributed by atoms with Crippen LogP contribution in [0, 0.1) is 0 Å². The molecule has 0 aliphatic carbocycles. The highest BCUT2D eigenvalue weighted by atomic mass is 32.2.